The molecule has 1 rings (SSSR count). The number of allylic oxidation sites excluding steroid dienone is 2. The lowest BCUT2D eigenvalue weighted by molar-refractivity contribution is 0.476. The molecule has 1 fully saturated rings. The van der Waals surface area contributed by atoms with E-state index in [9.17, 15) is 0 Å². The molecule has 0 heteroatoms. The normalized spacial score (nSPS) is 38.2. The van der Waals surface area contributed by atoms with E-state index in [4.69, 9.17) is 0 Å². The molecule has 58 valence electrons. The van der Waals surface area contributed by atoms with Crippen molar-refractivity contribution < 1.29 is 0 Å². The summed E-state index contributed by atoms with van der Waals surface area (Å²) in [6.07, 6.45) is 3.62. The highest BCUT2D eigenvalue weighted by atomic mass is 14.5. The third-order valence-corrected chi connectivity index (χ3v) is 2.93. The largest absolute Gasteiger partial charge is 0.0879 e. The highest BCUT2D eigenvalue weighted by Crippen LogP contribution is 2.50. The molecule has 1 aliphatic rings. The molecule has 1 aliphatic carbocycles. The minimum Gasteiger partial charge on any atom is -0.0879 e. The van der Waals surface area contributed by atoms with Crippen LogP contribution in [0.25, 0.3) is 0 Å². The molecular formula is C10H18. The molecule has 0 aromatic carbocycles. The third-order valence-electron chi connectivity index (χ3n) is 2.93. The van der Waals surface area contributed by atoms with Crippen molar-refractivity contribution in [1.29, 1.82) is 0 Å². The number of rotatable bonds is 2. The topological polar surface area (TPSA) is 0 Å². The van der Waals surface area contributed by atoms with Gasteiger partial charge in [0.15, 0.2) is 0 Å². The molecular weight excluding hydrogens is 120 g/mol. The molecule has 0 radical (unpaired) electrons. The van der Waals surface area contributed by atoms with Gasteiger partial charge in [0, 0.05) is 0 Å². The van der Waals surface area contributed by atoms with Crippen LogP contribution in [0.4, 0.5) is 0 Å². The summed E-state index contributed by atoms with van der Waals surface area (Å²) in [5.41, 5.74) is 1.69. The summed E-state index contributed by atoms with van der Waals surface area (Å²) < 4.78 is 0. The average molecular weight is 138 g/mol. The van der Waals surface area contributed by atoms with Gasteiger partial charge in [-0.25, -0.2) is 0 Å². The second kappa shape index (κ2) is 2.77. The molecule has 0 heterocycles. The van der Waals surface area contributed by atoms with Crippen LogP contribution >= 0.6 is 0 Å². The quantitative estimate of drug-likeness (QED) is 0.514. The van der Waals surface area contributed by atoms with Gasteiger partial charge in [-0.2, -0.15) is 0 Å². The van der Waals surface area contributed by atoms with Crippen LogP contribution in [0.2, 0.25) is 0 Å². The fourth-order valence-corrected chi connectivity index (χ4v) is 1.98. The van der Waals surface area contributed by atoms with Crippen molar-refractivity contribution in [3.63, 3.8) is 0 Å². The predicted octanol–water partition coefficient (Wildman–Crippen LogP) is 3.24. The molecule has 10 heavy (non-hydrogen) atoms. The van der Waals surface area contributed by atoms with Gasteiger partial charge >= 0.3 is 0 Å². The van der Waals surface area contributed by atoms with Crippen LogP contribution in [0.3, 0.4) is 0 Å². The Balaban J connectivity index is 2.48. The number of hydrogen-bond acceptors (Lipinski definition) is 0. The standard InChI is InChI=1S/C10H18/c1-5-7(3)10-8(4)9(10)6-2/h6-8,10H,5H2,1-4H3. The van der Waals surface area contributed by atoms with Crippen molar-refractivity contribution in [3.05, 3.63) is 11.6 Å². The van der Waals surface area contributed by atoms with E-state index in [0.717, 1.165) is 17.8 Å². The van der Waals surface area contributed by atoms with Crippen molar-refractivity contribution in [1.82, 2.24) is 0 Å². The zero-order valence-corrected chi connectivity index (χ0v) is 7.52. The van der Waals surface area contributed by atoms with Crippen LogP contribution in [0, 0.1) is 17.8 Å². The zero-order valence-electron chi connectivity index (χ0n) is 7.52. The molecule has 0 bridgehead atoms. The number of hydrogen-bond donors (Lipinski definition) is 0. The Kier molecular flexibility index (Phi) is 2.18. The summed E-state index contributed by atoms with van der Waals surface area (Å²) in [4.78, 5) is 0. The summed E-state index contributed by atoms with van der Waals surface area (Å²) in [5.74, 6) is 2.72. The van der Waals surface area contributed by atoms with E-state index >= 15 is 0 Å². The van der Waals surface area contributed by atoms with E-state index in [1.165, 1.54) is 6.42 Å². The molecule has 0 aromatic heterocycles. The smallest absolute Gasteiger partial charge is 0.0112 e. The van der Waals surface area contributed by atoms with Gasteiger partial charge in [-0.15, -0.1) is 0 Å². The van der Waals surface area contributed by atoms with Crippen molar-refractivity contribution in [2.24, 2.45) is 17.8 Å². The molecule has 0 amide bonds. The molecule has 0 nitrogen and oxygen atoms in total. The molecule has 0 aliphatic heterocycles. The van der Waals surface area contributed by atoms with Crippen LogP contribution in [0.15, 0.2) is 11.6 Å². The highest BCUT2D eigenvalue weighted by Gasteiger charge is 2.41. The Morgan fingerprint density at radius 3 is 2.50 bits per heavy atom. The lowest BCUT2D eigenvalue weighted by Gasteiger charge is -2.03. The van der Waals surface area contributed by atoms with E-state index in [0.29, 0.717) is 0 Å². The summed E-state index contributed by atoms with van der Waals surface area (Å²) in [7, 11) is 0. The van der Waals surface area contributed by atoms with E-state index in [1.54, 1.807) is 5.57 Å². The maximum atomic E-state index is 2.36. The first-order valence-corrected chi connectivity index (χ1v) is 4.38. The lowest BCUT2D eigenvalue weighted by atomic mass is 10.0. The first kappa shape index (κ1) is 7.84. The van der Waals surface area contributed by atoms with Gasteiger partial charge in [-0.1, -0.05) is 38.8 Å². The Morgan fingerprint density at radius 1 is 1.60 bits per heavy atom. The summed E-state index contributed by atoms with van der Waals surface area (Å²) in [6.45, 7) is 9.14. The first-order valence-electron chi connectivity index (χ1n) is 4.38. The van der Waals surface area contributed by atoms with Crippen LogP contribution < -0.4 is 0 Å². The second-order valence-electron chi connectivity index (χ2n) is 3.49. The third kappa shape index (κ3) is 1.12. The summed E-state index contributed by atoms with van der Waals surface area (Å²) in [6, 6.07) is 0. The zero-order chi connectivity index (χ0) is 7.72. The Hall–Kier alpha value is -0.260. The van der Waals surface area contributed by atoms with Crippen LogP contribution in [0.1, 0.15) is 34.1 Å². The van der Waals surface area contributed by atoms with E-state index in [1.807, 2.05) is 0 Å². The van der Waals surface area contributed by atoms with Crippen molar-refractivity contribution >= 4 is 0 Å². The van der Waals surface area contributed by atoms with Crippen molar-refractivity contribution in [2.75, 3.05) is 0 Å². The molecule has 3 unspecified atom stereocenters. The van der Waals surface area contributed by atoms with Gasteiger partial charge in [-0.05, 0) is 24.7 Å². The van der Waals surface area contributed by atoms with Gasteiger partial charge in [-0.3, -0.25) is 0 Å². The Labute approximate surface area is 64.3 Å². The van der Waals surface area contributed by atoms with Crippen LogP contribution in [-0.4, -0.2) is 0 Å². The molecule has 1 saturated carbocycles. The van der Waals surface area contributed by atoms with Crippen LogP contribution in [0.5, 0.6) is 0 Å². The van der Waals surface area contributed by atoms with Crippen molar-refractivity contribution in [3.8, 4) is 0 Å². The average Bonchev–Trinajstić information content (AvgIpc) is 2.59. The SMILES string of the molecule is CC=C1C(C)C1C(C)CC. The lowest BCUT2D eigenvalue weighted by Crippen LogP contribution is -1.95. The van der Waals surface area contributed by atoms with Gasteiger partial charge < -0.3 is 0 Å². The maximum Gasteiger partial charge on any atom is -0.0112 e. The monoisotopic (exact) mass is 138 g/mol. The fourth-order valence-electron chi connectivity index (χ4n) is 1.98. The van der Waals surface area contributed by atoms with Crippen molar-refractivity contribution in [2.45, 2.75) is 34.1 Å². The predicted molar refractivity (Wildman–Crippen MR) is 45.9 cm³/mol. The fraction of sp³-hybridized carbons (Fsp3) is 0.800. The molecule has 0 N–H and O–H groups in total. The van der Waals surface area contributed by atoms with Gasteiger partial charge in [0.1, 0.15) is 0 Å². The summed E-state index contributed by atoms with van der Waals surface area (Å²) >= 11 is 0. The Morgan fingerprint density at radius 2 is 2.20 bits per heavy atom. The minimum absolute atomic E-state index is 0.889. The van der Waals surface area contributed by atoms with Crippen LogP contribution in [-0.2, 0) is 0 Å². The molecule has 0 aromatic rings. The molecule has 3 atom stereocenters. The summed E-state index contributed by atoms with van der Waals surface area (Å²) in [5, 5.41) is 0. The molecule has 0 spiro atoms. The maximum absolute atomic E-state index is 2.36. The van der Waals surface area contributed by atoms with Gasteiger partial charge in [0.25, 0.3) is 0 Å². The Bertz CT molecular complexity index is 144. The highest BCUT2D eigenvalue weighted by molar-refractivity contribution is 5.28. The first-order chi connectivity index (χ1) is 4.72. The second-order valence-corrected chi connectivity index (χ2v) is 3.49. The molecule has 0 saturated heterocycles. The van der Waals surface area contributed by atoms with E-state index in [2.05, 4.69) is 33.8 Å². The van der Waals surface area contributed by atoms with E-state index in [-0.39, 0.29) is 0 Å². The minimum atomic E-state index is 0.889. The van der Waals surface area contributed by atoms with Gasteiger partial charge in [0.2, 0.25) is 0 Å². The van der Waals surface area contributed by atoms with E-state index < -0.39 is 0 Å². The van der Waals surface area contributed by atoms with Gasteiger partial charge in [0.05, 0.1) is 0 Å².